The number of hydrogen-bond acceptors (Lipinski definition) is 4. The highest BCUT2D eigenvalue weighted by molar-refractivity contribution is 9.10. The minimum Gasteiger partial charge on any atom is -0.465 e. The summed E-state index contributed by atoms with van der Waals surface area (Å²) in [6.07, 6.45) is 0.404. The molecular weight excluding hydrogens is 352 g/mol. The number of ether oxygens (including phenoxy) is 1. The summed E-state index contributed by atoms with van der Waals surface area (Å²) in [5, 5.41) is 0. The van der Waals surface area contributed by atoms with Crippen LogP contribution >= 0.6 is 27.7 Å². The molecule has 0 spiro atoms. The number of rotatable bonds is 7. The Kier molecular flexibility index (Phi) is 7.47. The van der Waals surface area contributed by atoms with Crippen molar-refractivity contribution in [2.75, 3.05) is 12.4 Å². The lowest BCUT2D eigenvalue weighted by Crippen LogP contribution is -2.32. The van der Waals surface area contributed by atoms with Gasteiger partial charge in [0.05, 0.1) is 11.1 Å². The first-order valence-corrected chi connectivity index (χ1v) is 8.04. The molecule has 0 saturated heterocycles. The molecule has 1 rings (SSSR count). The van der Waals surface area contributed by atoms with E-state index in [1.54, 1.807) is 6.92 Å². The molecule has 1 unspecified atom stereocenters. The number of carbonyl (C=O) groups excluding carboxylic acids is 1. The standard InChI is InChI=1S/C13H16BrF2NO2S/c1-2-19-13(18)11(17)5-6-20-7-8-10(15)4-3-9(14)12(8)16/h3-4,11H,2,5-7,17H2,1H3. The zero-order chi connectivity index (χ0) is 15.1. The van der Waals surface area contributed by atoms with E-state index in [4.69, 9.17) is 10.5 Å². The van der Waals surface area contributed by atoms with Crippen molar-refractivity contribution in [3.63, 3.8) is 0 Å². The Bertz CT molecular complexity index is 474. The lowest BCUT2D eigenvalue weighted by molar-refractivity contribution is -0.144. The Balaban J connectivity index is 2.42. The zero-order valence-electron chi connectivity index (χ0n) is 11.0. The molecule has 0 radical (unpaired) electrons. The highest BCUT2D eigenvalue weighted by atomic mass is 79.9. The predicted molar refractivity (Wildman–Crippen MR) is 79.4 cm³/mol. The van der Waals surface area contributed by atoms with Gasteiger partial charge >= 0.3 is 5.97 Å². The molecule has 0 fully saturated rings. The molecule has 1 aromatic carbocycles. The highest BCUT2D eigenvalue weighted by Crippen LogP contribution is 2.25. The molecule has 0 aliphatic rings. The van der Waals surface area contributed by atoms with E-state index in [0.29, 0.717) is 12.2 Å². The van der Waals surface area contributed by atoms with E-state index in [0.717, 1.165) is 0 Å². The first kappa shape index (κ1) is 17.4. The van der Waals surface area contributed by atoms with Crippen molar-refractivity contribution >= 4 is 33.7 Å². The largest absolute Gasteiger partial charge is 0.465 e. The number of thioether (sulfide) groups is 1. The Morgan fingerprint density at radius 1 is 1.50 bits per heavy atom. The summed E-state index contributed by atoms with van der Waals surface area (Å²) in [5.74, 6) is -0.911. The molecule has 7 heteroatoms. The van der Waals surface area contributed by atoms with Crippen LogP contribution in [0.5, 0.6) is 0 Å². The summed E-state index contributed by atoms with van der Waals surface area (Å²) in [4.78, 5) is 11.3. The summed E-state index contributed by atoms with van der Waals surface area (Å²) in [6, 6.07) is 1.85. The van der Waals surface area contributed by atoms with E-state index in [9.17, 15) is 13.6 Å². The van der Waals surface area contributed by atoms with Gasteiger partial charge in [0.1, 0.15) is 17.7 Å². The molecule has 0 bridgehead atoms. The van der Waals surface area contributed by atoms with Gasteiger partial charge in [-0.3, -0.25) is 4.79 Å². The number of benzene rings is 1. The van der Waals surface area contributed by atoms with Crippen LogP contribution in [0.2, 0.25) is 0 Å². The lowest BCUT2D eigenvalue weighted by atomic mass is 10.2. The average Bonchev–Trinajstić information content (AvgIpc) is 2.42. The van der Waals surface area contributed by atoms with Crippen LogP contribution in [-0.2, 0) is 15.3 Å². The third-order valence-electron chi connectivity index (χ3n) is 2.55. The predicted octanol–water partition coefficient (Wildman–Crippen LogP) is 3.24. The Hall–Kier alpha value is -0.660. The van der Waals surface area contributed by atoms with Gasteiger partial charge in [-0.2, -0.15) is 11.8 Å². The number of hydrogen-bond donors (Lipinski definition) is 1. The van der Waals surface area contributed by atoms with E-state index >= 15 is 0 Å². The Morgan fingerprint density at radius 3 is 2.85 bits per heavy atom. The summed E-state index contributed by atoms with van der Waals surface area (Å²) in [7, 11) is 0. The van der Waals surface area contributed by atoms with Crippen LogP contribution < -0.4 is 5.73 Å². The van der Waals surface area contributed by atoms with E-state index in [1.807, 2.05) is 0 Å². The van der Waals surface area contributed by atoms with Crippen molar-refractivity contribution in [3.05, 3.63) is 33.8 Å². The topological polar surface area (TPSA) is 52.3 Å². The molecule has 112 valence electrons. The summed E-state index contributed by atoms with van der Waals surface area (Å²) < 4.78 is 32.2. The third kappa shape index (κ3) is 5.03. The molecule has 0 aliphatic heterocycles. The van der Waals surface area contributed by atoms with Crippen molar-refractivity contribution in [2.24, 2.45) is 5.73 Å². The number of halogens is 3. The fraction of sp³-hybridized carbons (Fsp3) is 0.462. The average molecular weight is 368 g/mol. The van der Waals surface area contributed by atoms with Gasteiger partial charge < -0.3 is 10.5 Å². The maximum Gasteiger partial charge on any atom is 0.322 e. The van der Waals surface area contributed by atoms with Gasteiger partial charge in [-0.15, -0.1) is 0 Å². The van der Waals surface area contributed by atoms with E-state index in [2.05, 4.69) is 15.9 Å². The molecule has 3 nitrogen and oxygen atoms in total. The van der Waals surface area contributed by atoms with Gasteiger partial charge in [0.25, 0.3) is 0 Å². The van der Waals surface area contributed by atoms with Crippen LogP contribution in [0.25, 0.3) is 0 Å². The quantitative estimate of drug-likeness (QED) is 0.456. The van der Waals surface area contributed by atoms with E-state index in [-0.39, 0.29) is 22.4 Å². The SMILES string of the molecule is CCOC(=O)C(N)CCSCc1c(F)ccc(Br)c1F. The minimum atomic E-state index is -0.695. The van der Waals surface area contributed by atoms with Crippen LogP contribution in [0.1, 0.15) is 18.9 Å². The molecule has 1 atom stereocenters. The molecule has 0 aromatic heterocycles. The smallest absolute Gasteiger partial charge is 0.322 e. The second-order valence-electron chi connectivity index (χ2n) is 4.02. The van der Waals surface area contributed by atoms with Gasteiger partial charge in [-0.1, -0.05) is 0 Å². The van der Waals surface area contributed by atoms with Crippen molar-refractivity contribution in [3.8, 4) is 0 Å². The maximum absolute atomic E-state index is 13.7. The van der Waals surface area contributed by atoms with Crippen LogP contribution in [-0.4, -0.2) is 24.4 Å². The summed E-state index contributed by atoms with van der Waals surface area (Å²) in [6.45, 7) is 1.99. The molecule has 1 aromatic rings. The molecule has 0 aliphatic carbocycles. The fourth-order valence-corrected chi connectivity index (χ4v) is 2.86. The van der Waals surface area contributed by atoms with Gasteiger partial charge in [0, 0.05) is 11.3 Å². The van der Waals surface area contributed by atoms with Crippen molar-refractivity contribution in [1.82, 2.24) is 0 Å². The highest BCUT2D eigenvalue weighted by Gasteiger charge is 2.15. The monoisotopic (exact) mass is 367 g/mol. The minimum absolute atomic E-state index is 0.0223. The Labute approximate surface area is 129 Å². The summed E-state index contributed by atoms with van der Waals surface area (Å²) in [5.41, 5.74) is 5.65. The first-order chi connectivity index (χ1) is 9.47. The van der Waals surface area contributed by atoms with Gasteiger partial charge in [0.15, 0.2) is 0 Å². The van der Waals surface area contributed by atoms with Crippen LogP contribution in [0.15, 0.2) is 16.6 Å². The molecular formula is C13H16BrF2NO2S. The van der Waals surface area contributed by atoms with Crippen LogP contribution in [0.3, 0.4) is 0 Å². The molecule has 2 N–H and O–H groups in total. The number of carbonyl (C=O) groups is 1. The maximum atomic E-state index is 13.7. The Morgan fingerprint density at radius 2 is 2.20 bits per heavy atom. The van der Waals surface area contributed by atoms with Crippen molar-refractivity contribution in [2.45, 2.75) is 25.1 Å². The third-order valence-corrected chi connectivity index (χ3v) is 4.18. The number of esters is 1. The van der Waals surface area contributed by atoms with Gasteiger partial charge in [0.2, 0.25) is 0 Å². The van der Waals surface area contributed by atoms with Crippen molar-refractivity contribution < 1.29 is 18.3 Å². The second-order valence-corrected chi connectivity index (χ2v) is 5.98. The molecule has 0 heterocycles. The molecule has 20 heavy (non-hydrogen) atoms. The number of nitrogens with two attached hydrogens (primary N) is 1. The van der Waals surface area contributed by atoms with Gasteiger partial charge in [-0.25, -0.2) is 8.78 Å². The second kappa shape index (κ2) is 8.59. The van der Waals surface area contributed by atoms with Gasteiger partial charge in [-0.05, 0) is 47.2 Å². The fourth-order valence-electron chi connectivity index (χ4n) is 1.45. The van der Waals surface area contributed by atoms with Crippen LogP contribution in [0.4, 0.5) is 8.78 Å². The first-order valence-electron chi connectivity index (χ1n) is 6.09. The summed E-state index contributed by atoms with van der Waals surface area (Å²) >= 11 is 4.34. The lowest BCUT2D eigenvalue weighted by Gasteiger charge is -2.10. The van der Waals surface area contributed by atoms with Crippen LogP contribution in [0, 0.1) is 11.6 Å². The van der Waals surface area contributed by atoms with E-state index in [1.165, 1.54) is 23.9 Å². The normalized spacial score (nSPS) is 12.2. The zero-order valence-corrected chi connectivity index (χ0v) is 13.4. The molecule has 0 saturated carbocycles. The van der Waals surface area contributed by atoms with Crippen molar-refractivity contribution in [1.29, 1.82) is 0 Å². The van der Waals surface area contributed by atoms with E-state index < -0.39 is 23.6 Å². The molecule has 0 amide bonds.